The Morgan fingerprint density at radius 3 is 2.50 bits per heavy atom. The topological polar surface area (TPSA) is 41.6 Å². The average Bonchev–Trinajstić information content (AvgIpc) is 2.77. The van der Waals surface area contributed by atoms with Crippen molar-refractivity contribution in [1.29, 1.82) is 0 Å². The lowest BCUT2D eigenvalue weighted by molar-refractivity contribution is -0.125. The van der Waals surface area contributed by atoms with Crippen molar-refractivity contribution in [1.82, 2.24) is 5.32 Å². The largest absolute Gasteiger partial charge is 0.497 e. The molecule has 2 aromatic carbocycles. The molecule has 22 heavy (non-hydrogen) atoms. The van der Waals surface area contributed by atoms with Crippen LogP contribution in [0.1, 0.15) is 11.1 Å². The Balaban J connectivity index is 1.68. The molecule has 4 heteroatoms. The van der Waals surface area contributed by atoms with E-state index in [-0.39, 0.29) is 11.3 Å². The second kappa shape index (κ2) is 4.85. The van der Waals surface area contributed by atoms with E-state index in [1.807, 2.05) is 47.4 Å². The lowest BCUT2D eigenvalue weighted by Gasteiger charge is -2.38. The maximum atomic E-state index is 13.0. The normalized spacial score (nSPS) is 18.2. The Kier molecular flexibility index (Phi) is 2.94. The van der Waals surface area contributed by atoms with Gasteiger partial charge in [0.25, 0.3) is 0 Å². The molecule has 1 saturated heterocycles. The maximum Gasteiger partial charge on any atom is 0.240 e. The molecule has 0 unspecified atom stereocenters. The monoisotopic (exact) mass is 294 g/mol. The van der Waals surface area contributed by atoms with Crippen molar-refractivity contribution >= 4 is 11.6 Å². The molecule has 0 aliphatic carbocycles. The van der Waals surface area contributed by atoms with Crippen LogP contribution >= 0.6 is 0 Å². The third kappa shape index (κ3) is 1.77. The molecule has 0 radical (unpaired) electrons. The number of hydrogen-bond donors (Lipinski definition) is 1. The lowest BCUT2D eigenvalue weighted by Crippen LogP contribution is -2.61. The Bertz CT molecular complexity index is 720. The van der Waals surface area contributed by atoms with E-state index in [0.717, 1.165) is 35.7 Å². The smallest absolute Gasteiger partial charge is 0.240 e. The van der Waals surface area contributed by atoms with Gasteiger partial charge in [0, 0.05) is 18.8 Å². The molecule has 4 nitrogen and oxygen atoms in total. The first-order chi connectivity index (χ1) is 10.7. The minimum Gasteiger partial charge on any atom is -0.497 e. The van der Waals surface area contributed by atoms with E-state index in [1.54, 1.807) is 7.11 Å². The van der Waals surface area contributed by atoms with Crippen LogP contribution in [0.4, 0.5) is 5.69 Å². The lowest BCUT2D eigenvalue weighted by atomic mass is 9.76. The summed E-state index contributed by atoms with van der Waals surface area (Å²) in [7, 11) is 1.66. The predicted octanol–water partition coefficient (Wildman–Crippen LogP) is 2.08. The highest BCUT2D eigenvalue weighted by atomic mass is 16.5. The molecular weight excluding hydrogens is 276 g/mol. The number of anilines is 1. The van der Waals surface area contributed by atoms with Gasteiger partial charge in [-0.15, -0.1) is 0 Å². The van der Waals surface area contributed by atoms with Gasteiger partial charge in [-0.3, -0.25) is 4.79 Å². The van der Waals surface area contributed by atoms with Gasteiger partial charge in [-0.1, -0.05) is 30.3 Å². The van der Waals surface area contributed by atoms with E-state index >= 15 is 0 Å². The fourth-order valence-corrected chi connectivity index (χ4v) is 3.38. The van der Waals surface area contributed by atoms with Crippen LogP contribution in [0.25, 0.3) is 0 Å². The minimum absolute atomic E-state index is 0.211. The highest BCUT2D eigenvalue weighted by Crippen LogP contribution is 2.44. The number of ether oxygens (including phenoxy) is 1. The van der Waals surface area contributed by atoms with E-state index in [2.05, 4.69) is 11.4 Å². The number of fused-ring (bicyclic) bond motifs is 2. The van der Waals surface area contributed by atoms with Crippen LogP contribution in [0.15, 0.2) is 48.5 Å². The first-order valence-corrected chi connectivity index (χ1v) is 7.50. The number of para-hydroxylation sites is 1. The quantitative estimate of drug-likeness (QED) is 0.942. The molecule has 0 aromatic heterocycles. The van der Waals surface area contributed by atoms with Crippen molar-refractivity contribution in [2.24, 2.45) is 0 Å². The Labute approximate surface area is 129 Å². The second-order valence-corrected chi connectivity index (χ2v) is 5.94. The number of methoxy groups -OCH3 is 1. The first kappa shape index (κ1) is 13.3. The molecule has 0 atom stereocenters. The number of rotatable bonds is 3. The molecule has 2 aliphatic heterocycles. The van der Waals surface area contributed by atoms with E-state index in [9.17, 15) is 4.79 Å². The number of nitrogens with zero attached hydrogens (tertiary/aromatic N) is 1. The van der Waals surface area contributed by atoms with Gasteiger partial charge in [-0.25, -0.2) is 0 Å². The Morgan fingerprint density at radius 1 is 1.14 bits per heavy atom. The zero-order chi connectivity index (χ0) is 15.2. The summed E-state index contributed by atoms with van der Waals surface area (Å²) in [5.41, 5.74) is 2.97. The van der Waals surface area contributed by atoms with Gasteiger partial charge in [0.15, 0.2) is 0 Å². The molecule has 2 heterocycles. The molecule has 2 aromatic rings. The highest BCUT2D eigenvalue weighted by molar-refractivity contribution is 6.09. The first-order valence-electron chi connectivity index (χ1n) is 7.50. The van der Waals surface area contributed by atoms with Crippen LogP contribution in [0, 0.1) is 0 Å². The predicted molar refractivity (Wildman–Crippen MR) is 85.2 cm³/mol. The second-order valence-electron chi connectivity index (χ2n) is 5.94. The van der Waals surface area contributed by atoms with Gasteiger partial charge in [0.2, 0.25) is 5.91 Å². The fraction of sp³-hybridized carbons (Fsp3) is 0.278. The SMILES string of the molecule is COc1ccc(CN2C(=O)C3(CNC3)c3ccccc32)cc1. The van der Waals surface area contributed by atoms with Crippen LogP contribution in [0.3, 0.4) is 0 Å². The number of hydrogen-bond acceptors (Lipinski definition) is 3. The van der Waals surface area contributed by atoms with E-state index in [0.29, 0.717) is 6.54 Å². The van der Waals surface area contributed by atoms with Gasteiger partial charge in [0.05, 0.1) is 13.7 Å². The summed E-state index contributed by atoms with van der Waals surface area (Å²) in [6.45, 7) is 2.07. The molecule has 1 fully saturated rings. The zero-order valence-electron chi connectivity index (χ0n) is 12.5. The van der Waals surface area contributed by atoms with Crippen molar-refractivity contribution < 1.29 is 9.53 Å². The molecule has 0 saturated carbocycles. The summed E-state index contributed by atoms with van der Waals surface area (Å²) in [5, 5.41) is 3.25. The Morgan fingerprint density at radius 2 is 1.86 bits per heavy atom. The van der Waals surface area contributed by atoms with E-state index in [1.165, 1.54) is 0 Å². The highest BCUT2D eigenvalue weighted by Gasteiger charge is 2.54. The summed E-state index contributed by atoms with van der Waals surface area (Å²) in [6, 6.07) is 16.0. The molecule has 0 bridgehead atoms. The third-order valence-corrected chi connectivity index (χ3v) is 4.72. The van der Waals surface area contributed by atoms with Crippen LogP contribution in [0.5, 0.6) is 5.75 Å². The van der Waals surface area contributed by atoms with Crippen molar-refractivity contribution in [2.75, 3.05) is 25.1 Å². The van der Waals surface area contributed by atoms with Crippen LogP contribution in [-0.4, -0.2) is 26.1 Å². The van der Waals surface area contributed by atoms with Crippen LogP contribution in [-0.2, 0) is 16.8 Å². The third-order valence-electron chi connectivity index (χ3n) is 4.72. The van der Waals surface area contributed by atoms with Gasteiger partial charge in [-0.2, -0.15) is 0 Å². The number of benzene rings is 2. The summed E-state index contributed by atoms with van der Waals surface area (Å²) >= 11 is 0. The molecule has 4 rings (SSSR count). The van der Waals surface area contributed by atoms with E-state index in [4.69, 9.17) is 4.74 Å². The molecule has 1 spiro atoms. The van der Waals surface area contributed by atoms with Gasteiger partial charge < -0.3 is 15.0 Å². The van der Waals surface area contributed by atoms with E-state index < -0.39 is 0 Å². The number of carbonyl (C=O) groups excluding carboxylic acids is 1. The van der Waals surface area contributed by atoms with Crippen molar-refractivity contribution in [3.05, 3.63) is 59.7 Å². The van der Waals surface area contributed by atoms with Crippen molar-refractivity contribution in [3.63, 3.8) is 0 Å². The van der Waals surface area contributed by atoms with Gasteiger partial charge in [0.1, 0.15) is 11.2 Å². The maximum absolute atomic E-state index is 13.0. The van der Waals surface area contributed by atoms with Crippen molar-refractivity contribution in [2.45, 2.75) is 12.0 Å². The van der Waals surface area contributed by atoms with Gasteiger partial charge >= 0.3 is 0 Å². The summed E-state index contributed by atoms with van der Waals surface area (Å²) in [5.74, 6) is 1.04. The average molecular weight is 294 g/mol. The molecule has 2 aliphatic rings. The summed E-state index contributed by atoms with van der Waals surface area (Å²) < 4.78 is 5.19. The van der Waals surface area contributed by atoms with Crippen LogP contribution < -0.4 is 15.0 Å². The number of amides is 1. The molecule has 1 amide bonds. The van der Waals surface area contributed by atoms with Crippen molar-refractivity contribution in [3.8, 4) is 5.75 Å². The number of nitrogens with one attached hydrogen (secondary N) is 1. The van der Waals surface area contributed by atoms with Gasteiger partial charge in [-0.05, 0) is 29.3 Å². The molecule has 112 valence electrons. The minimum atomic E-state index is -0.344. The standard InChI is InChI=1S/C18H18N2O2/c1-22-14-8-6-13(7-9-14)10-20-16-5-3-2-4-15(16)18(17(20)21)11-19-12-18/h2-9,19H,10-12H2,1H3. The summed E-state index contributed by atoms with van der Waals surface area (Å²) in [6.07, 6.45) is 0. The molecule has 1 N–H and O–H groups in total. The fourth-order valence-electron chi connectivity index (χ4n) is 3.38. The Hall–Kier alpha value is -2.33. The number of carbonyl (C=O) groups is 1. The van der Waals surface area contributed by atoms with Crippen LogP contribution in [0.2, 0.25) is 0 Å². The zero-order valence-corrected chi connectivity index (χ0v) is 12.5. The summed E-state index contributed by atoms with van der Waals surface area (Å²) in [4.78, 5) is 14.9. The molecular formula is C18H18N2O2.